The van der Waals surface area contributed by atoms with E-state index in [1.807, 2.05) is 22.9 Å². The molecule has 1 heterocycles. The maximum absolute atomic E-state index is 10.6. The van der Waals surface area contributed by atoms with Crippen molar-refractivity contribution in [1.82, 2.24) is 3.11 Å². The first-order chi connectivity index (χ1) is 3.72. The van der Waals surface area contributed by atoms with Gasteiger partial charge in [0.15, 0.2) is 0 Å². The van der Waals surface area contributed by atoms with Crippen LogP contribution in [0.2, 0.25) is 0 Å². The van der Waals surface area contributed by atoms with Crippen LogP contribution in [0.4, 0.5) is 0 Å². The fourth-order valence-electron chi connectivity index (χ4n) is 0.426. The Labute approximate surface area is 65.5 Å². The average molecular weight is 244 g/mol. The van der Waals surface area contributed by atoms with Crippen LogP contribution in [-0.4, -0.2) is 20.3 Å². The standard InChI is InChI=1S/C3H5IN2OS/c4-6-2(7)1-8-3(6)5/h3H,1,5H2. The van der Waals surface area contributed by atoms with Gasteiger partial charge in [-0.3, -0.25) is 7.91 Å². The number of hydrogen-bond donors (Lipinski definition) is 1. The molecule has 0 radical (unpaired) electrons. The van der Waals surface area contributed by atoms with E-state index >= 15 is 0 Å². The fourth-order valence-corrected chi connectivity index (χ4v) is 2.01. The zero-order chi connectivity index (χ0) is 6.15. The Bertz CT molecular complexity index is 120. The van der Waals surface area contributed by atoms with E-state index in [4.69, 9.17) is 5.73 Å². The molecule has 1 aliphatic heterocycles. The molecule has 46 valence electrons. The van der Waals surface area contributed by atoms with Crippen LogP contribution in [0.5, 0.6) is 0 Å². The molecule has 1 amide bonds. The van der Waals surface area contributed by atoms with Gasteiger partial charge in [0.25, 0.3) is 0 Å². The second kappa shape index (κ2) is 2.40. The van der Waals surface area contributed by atoms with E-state index in [9.17, 15) is 4.79 Å². The fraction of sp³-hybridized carbons (Fsp3) is 0.667. The number of rotatable bonds is 0. The first kappa shape index (κ1) is 6.63. The molecule has 0 bridgehead atoms. The van der Waals surface area contributed by atoms with Gasteiger partial charge < -0.3 is 5.73 Å². The molecule has 2 N–H and O–H groups in total. The second-order valence-corrected chi connectivity index (χ2v) is 3.55. The highest BCUT2D eigenvalue weighted by Crippen LogP contribution is 2.23. The Morgan fingerprint density at radius 1 is 2.00 bits per heavy atom. The Morgan fingerprint density at radius 3 is 2.75 bits per heavy atom. The van der Waals surface area contributed by atoms with Gasteiger partial charge in [-0.15, -0.1) is 11.8 Å². The summed E-state index contributed by atoms with van der Waals surface area (Å²) < 4.78 is 1.52. The lowest BCUT2D eigenvalue weighted by Gasteiger charge is -2.08. The summed E-state index contributed by atoms with van der Waals surface area (Å²) in [4.78, 5) is 10.6. The summed E-state index contributed by atoms with van der Waals surface area (Å²) in [5.41, 5.74) is 5.31. The summed E-state index contributed by atoms with van der Waals surface area (Å²) in [5.74, 6) is 0.646. The zero-order valence-electron chi connectivity index (χ0n) is 4.00. The molecule has 0 spiro atoms. The number of hydrogen-bond acceptors (Lipinski definition) is 3. The predicted octanol–water partition coefficient (Wildman–Crippen LogP) is 0.154. The number of halogens is 1. The van der Waals surface area contributed by atoms with E-state index in [1.54, 1.807) is 0 Å². The van der Waals surface area contributed by atoms with Crippen molar-refractivity contribution < 1.29 is 4.79 Å². The highest BCUT2D eigenvalue weighted by atomic mass is 127. The molecule has 5 heteroatoms. The van der Waals surface area contributed by atoms with Gasteiger partial charge in [-0.25, -0.2) is 0 Å². The molecule has 1 fully saturated rings. The van der Waals surface area contributed by atoms with Gasteiger partial charge in [0.1, 0.15) is 5.50 Å². The predicted molar refractivity (Wildman–Crippen MR) is 41.3 cm³/mol. The van der Waals surface area contributed by atoms with Crippen molar-refractivity contribution in [2.45, 2.75) is 5.50 Å². The summed E-state index contributed by atoms with van der Waals surface area (Å²) in [7, 11) is 0. The molecular weight excluding hydrogens is 239 g/mol. The third-order valence-electron chi connectivity index (χ3n) is 0.839. The molecule has 0 aliphatic carbocycles. The topological polar surface area (TPSA) is 46.3 Å². The first-order valence-corrected chi connectivity index (χ1v) is 4.08. The van der Waals surface area contributed by atoms with Crippen LogP contribution in [0.15, 0.2) is 0 Å². The molecule has 0 aromatic rings. The largest absolute Gasteiger partial charge is 0.302 e. The van der Waals surface area contributed by atoms with Gasteiger partial charge in [0, 0.05) is 0 Å². The molecule has 8 heavy (non-hydrogen) atoms. The van der Waals surface area contributed by atoms with Crippen molar-refractivity contribution in [1.29, 1.82) is 0 Å². The Balaban J connectivity index is 2.56. The lowest BCUT2D eigenvalue weighted by Crippen LogP contribution is -2.29. The van der Waals surface area contributed by atoms with Gasteiger partial charge >= 0.3 is 0 Å². The maximum Gasteiger partial charge on any atom is 0.243 e. The van der Waals surface area contributed by atoms with Crippen molar-refractivity contribution in [2.24, 2.45) is 5.73 Å². The van der Waals surface area contributed by atoms with Crippen molar-refractivity contribution in [3.63, 3.8) is 0 Å². The van der Waals surface area contributed by atoms with E-state index in [0.29, 0.717) is 5.75 Å². The summed E-state index contributed by atoms with van der Waals surface area (Å²) >= 11 is 3.38. The minimum absolute atomic E-state index is 0.114. The highest BCUT2D eigenvalue weighted by molar-refractivity contribution is 14.1. The summed E-state index contributed by atoms with van der Waals surface area (Å²) in [6.07, 6.45) is 0. The number of carbonyl (C=O) groups is 1. The number of nitrogens with zero attached hydrogens (tertiary/aromatic N) is 1. The van der Waals surface area contributed by atoms with Gasteiger partial charge in [-0.05, 0) is 0 Å². The van der Waals surface area contributed by atoms with Crippen molar-refractivity contribution >= 4 is 40.5 Å². The van der Waals surface area contributed by atoms with E-state index in [-0.39, 0.29) is 11.4 Å². The average Bonchev–Trinajstić information content (AvgIpc) is 1.98. The van der Waals surface area contributed by atoms with Crippen molar-refractivity contribution in [2.75, 3.05) is 5.75 Å². The monoisotopic (exact) mass is 244 g/mol. The van der Waals surface area contributed by atoms with Crippen LogP contribution < -0.4 is 5.73 Å². The van der Waals surface area contributed by atoms with Crippen LogP contribution in [0.25, 0.3) is 0 Å². The number of carbonyl (C=O) groups excluding carboxylic acids is 1. The molecule has 0 aromatic heterocycles. The molecule has 0 aromatic carbocycles. The molecule has 1 rings (SSSR count). The first-order valence-electron chi connectivity index (χ1n) is 2.07. The quantitative estimate of drug-likeness (QED) is 0.487. The lowest BCUT2D eigenvalue weighted by molar-refractivity contribution is -0.122. The summed E-state index contributed by atoms with van der Waals surface area (Å²) in [6.45, 7) is 0. The minimum atomic E-state index is -0.122. The number of thioether (sulfide) groups is 1. The number of nitrogens with two attached hydrogens (primary N) is 1. The molecular formula is C3H5IN2OS. The molecule has 3 nitrogen and oxygen atoms in total. The van der Waals surface area contributed by atoms with Crippen LogP contribution in [0, 0.1) is 0 Å². The van der Waals surface area contributed by atoms with Crippen molar-refractivity contribution in [3.05, 3.63) is 0 Å². The maximum atomic E-state index is 10.6. The molecule has 1 aliphatic rings. The van der Waals surface area contributed by atoms with Gasteiger partial charge in [0.05, 0.1) is 28.6 Å². The minimum Gasteiger partial charge on any atom is -0.302 e. The Morgan fingerprint density at radius 2 is 2.62 bits per heavy atom. The van der Waals surface area contributed by atoms with Crippen LogP contribution in [0.3, 0.4) is 0 Å². The van der Waals surface area contributed by atoms with E-state index in [1.165, 1.54) is 14.9 Å². The van der Waals surface area contributed by atoms with Crippen molar-refractivity contribution in [3.8, 4) is 0 Å². The third kappa shape index (κ3) is 1.08. The van der Waals surface area contributed by atoms with E-state index < -0.39 is 0 Å². The smallest absolute Gasteiger partial charge is 0.243 e. The van der Waals surface area contributed by atoms with E-state index in [2.05, 4.69) is 0 Å². The van der Waals surface area contributed by atoms with Gasteiger partial charge in [-0.1, -0.05) is 0 Å². The number of amides is 1. The zero-order valence-corrected chi connectivity index (χ0v) is 6.98. The summed E-state index contributed by atoms with van der Waals surface area (Å²) in [5, 5.41) is 0. The summed E-state index contributed by atoms with van der Waals surface area (Å²) in [6, 6.07) is 0. The molecule has 1 unspecified atom stereocenters. The van der Waals surface area contributed by atoms with Crippen LogP contribution in [0.1, 0.15) is 0 Å². The van der Waals surface area contributed by atoms with Gasteiger partial charge in [-0.2, -0.15) is 0 Å². The molecule has 1 atom stereocenters. The molecule has 1 saturated heterocycles. The highest BCUT2D eigenvalue weighted by Gasteiger charge is 2.25. The second-order valence-electron chi connectivity index (χ2n) is 1.41. The lowest BCUT2D eigenvalue weighted by atomic mass is 10.7. The van der Waals surface area contributed by atoms with Crippen LogP contribution >= 0.6 is 34.6 Å². The Kier molecular flexibility index (Phi) is 1.99. The van der Waals surface area contributed by atoms with Crippen LogP contribution in [-0.2, 0) is 4.79 Å². The Hall–Kier alpha value is 0.510. The SMILES string of the molecule is NC1SCC(=O)N1I. The van der Waals surface area contributed by atoms with Gasteiger partial charge in [0.2, 0.25) is 5.91 Å². The van der Waals surface area contributed by atoms with E-state index in [0.717, 1.165) is 0 Å². The molecule has 0 saturated carbocycles. The normalized spacial score (nSPS) is 29.5. The third-order valence-corrected chi connectivity index (χ3v) is 3.32.